The number of likely N-dealkylation sites (tertiary alicyclic amines) is 2. The number of nitrogens with zero attached hydrogens (tertiary/aromatic N) is 5. The number of carbonyl (C=O) groups is 1. The Hall–Kier alpha value is -2.89. The average molecular weight is 495 g/mol. The van der Waals surface area contributed by atoms with E-state index in [-0.39, 0.29) is 29.7 Å². The number of benzene rings is 1. The Morgan fingerprint density at radius 2 is 1.89 bits per heavy atom. The molecule has 2 amide bonds. The summed E-state index contributed by atoms with van der Waals surface area (Å²) in [5, 5.41) is 4.62. The summed E-state index contributed by atoms with van der Waals surface area (Å²) in [5.74, 6) is 0.0527. The van der Waals surface area contributed by atoms with Crippen LogP contribution in [0.25, 0.3) is 0 Å². The summed E-state index contributed by atoms with van der Waals surface area (Å²) >= 11 is 0. The molecule has 2 aromatic rings. The van der Waals surface area contributed by atoms with Gasteiger partial charge in [0.2, 0.25) is 0 Å². The molecule has 1 aromatic carbocycles. The maximum Gasteiger partial charge on any atom is 0.573 e. The van der Waals surface area contributed by atoms with E-state index in [1.165, 1.54) is 18.9 Å². The van der Waals surface area contributed by atoms with Crippen LogP contribution in [0.1, 0.15) is 49.0 Å². The molecule has 0 N–H and O–H groups in total. The first-order chi connectivity index (χ1) is 16.7. The molecule has 3 heterocycles. The number of rotatable bonds is 6. The Morgan fingerprint density at radius 3 is 2.54 bits per heavy atom. The number of carbonyl (C=O) groups excluding carboxylic acids is 1. The summed E-state index contributed by atoms with van der Waals surface area (Å²) in [7, 11) is 0. The standard InChI is InChI=1S/C23H25F4N5O3/c24-19-5-17(35-23(25,26)27)4-3-15(19)10-34-18-8-30(9-18)21(33)31-11-22(12-31)6-16(7-22)32-13-28-20(29-32)14-1-2-14/h3-5,13-14,16,18H,1-2,6-12H2. The lowest BCUT2D eigenvalue weighted by atomic mass is 9.61. The van der Waals surface area contributed by atoms with Crippen molar-refractivity contribution in [2.45, 2.75) is 56.7 Å². The van der Waals surface area contributed by atoms with Crippen LogP contribution < -0.4 is 4.74 Å². The van der Waals surface area contributed by atoms with E-state index in [1.54, 1.807) is 4.90 Å². The van der Waals surface area contributed by atoms with Crippen molar-refractivity contribution in [1.29, 1.82) is 0 Å². The summed E-state index contributed by atoms with van der Waals surface area (Å²) in [5.41, 5.74) is 0.317. The molecule has 0 bridgehead atoms. The summed E-state index contributed by atoms with van der Waals surface area (Å²) < 4.78 is 62.1. The lowest BCUT2D eigenvalue weighted by Crippen LogP contribution is -2.68. The lowest BCUT2D eigenvalue weighted by Gasteiger charge is -2.59. The van der Waals surface area contributed by atoms with E-state index < -0.39 is 17.9 Å². The molecule has 1 spiro atoms. The van der Waals surface area contributed by atoms with Gasteiger partial charge in [-0.15, -0.1) is 13.2 Å². The first kappa shape index (κ1) is 22.6. The van der Waals surface area contributed by atoms with E-state index in [4.69, 9.17) is 4.74 Å². The average Bonchev–Trinajstić information content (AvgIpc) is 3.43. The summed E-state index contributed by atoms with van der Waals surface area (Å²) in [4.78, 5) is 20.7. The zero-order valence-electron chi connectivity index (χ0n) is 18.9. The predicted molar refractivity (Wildman–Crippen MR) is 113 cm³/mol. The van der Waals surface area contributed by atoms with E-state index >= 15 is 0 Å². The SMILES string of the molecule is O=C(N1CC(OCc2ccc(OC(F)(F)F)cc2F)C1)N1CC2(CC(n3cnc(C4CC4)n3)C2)C1. The summed E-state index contributed by atoms with van der Waals surface area (Å²) in [6.07, 6.45) is 1.11. The van der Waals surface area contributed by atoms with Crippen molar-refractivity contribution in [1.82, 2.24) is 24.6 Å². The molecule has 2 aliphatic carbocycles. The Bertz CT molecular complexity index is 1110. The first-order valence-corrected chi connectivity index (χ1v) is 11.8. The van der Waals surface area contributed by atoms with Crippen molar-refractivity contribution in [3.63, 3.8) is 0 Å². The van der Waals surface area contributed by atoms with Gasteiger partial charge in [-0.25, -0.2) is 18.9 Å². The van der Waals surface area contributed by atoms with Crippen molar-refractivity contribution in [3.8, 4) is 5.75 Å². The van der Waals surface area contributed by atoms with Gasteiger partial charge in [-0.2, -0.15) is 5.10 Å². The molecular weight excluding hydrogens is 470 g/mol. The third-order valence-electron chi connectivity index (χ3n) is 7.35. The van der Waals surface area contributed by atoms with Crippen LogP contribution in [-0.2, 0) is 11.3 Å². The third-order valence-corrected chi connectivity index (χ3v) is 7.35. The second kappa shape index (κ2) is 8.07. The van der Waals surface area contributed by atoms with Crippen LogP contribution in [0.15, 0.2) is 24.5 Å². The number of alkyl halides is 3. The number of hydrogen-bond donors (Lipinski definition) is 0. The van der Waals surface area contributed by atoms with Gasteiger partial charge < -0.3 is 19.3 Å². The summed E-state index contributed by atoms with van der Waals surface area (Å²) in [6, 6.07) is 3.28. The smallest absolute Gasteiger partial charge is 0.406 e. The van der Waals surface area contributed by atoms with E-state index in [2.05, 4.69) is 14.8 Å². The second-order valence-electron chi connectivity index (χ2n) is 10.2. The monoisotopic (exact) mass is 495 g/mol. The Kier molecular flexibility index (Phi) is 5.20. The molecule has 2 saturated carbocycles. The first-order valence-electron chi connectivity index (χ1n) is 11.8. The molecule has 35 heavy (non-hydrogen) atoms. The lowest BCUT2D eigenvalue weighted by molar-refractivity contribution is -0.274. The van der Waals surface area contributed by atoms with Crippen molar-refractivity contribution in [2.75, 3.05) is 26.2 Å². The van der Waals surface area contributed by atoms with Crippen molar-refractivity contribution < 1.29 is 31.8 Å². The Labute approximate surface area is 198 Å². The van der Waals surface area contributed by atoms with E-state index in [1.807, 2.05) is 15.9 Å². The number of amides is 2. The van der Waals surface area contributed by atoms with Crippen molar-refractivity contribution in [3.05, 3.63) is 41.7 Å². The van der Waals surface area contributed by atoms with Crippen LogP contribution in [0.3, 0.4) is 0 Å². The zero-order chi connectivity index (χ0) is 24.4. The fourth-order valence-electron chi connectivity index (χ4n) is 5.23. The normalized spacial score (nSPS) is 22.1. The quantitative estimate of drug-likeness (QED) is 0.570. The minimum absolute atomic E-state index is 0.0180. The molecule has 2 saturated heterocycles. The Morgan fingerprint density at radius 1 is 1.14 bits per heavy atom. The third kappa shape index (κ3) is 4.55. The fourth-order valence-corrected chi connectivity index (χ4v) is 5.23. The highest BCUT2D eigenvalue weighted by Crippen LogP contribution is 2.54. The van der Waals surface area contributed by atoms with Crippen LogP contribution in [0.5, 0.6) is 5.75 Å². The Balaban J connectivity index is 0.911. The zero-order valence-corrected chi connectivity index (χ0v) is 18.9. The van der Waals surface area contributed by atoms with Gasteiger partial charge in [-0.05, 0) is 31.7 Å². The molecule has 4 aliphatic rings. The van der Waals surface area contributed by atoms with Gasteiger partial charge in [-0.3, -0.25) is 0 Å². The van der Waals surface area contributed by atoms with E-state index in [0.29, 0.717) is 31.1 Å². The molecule has 0 unspecified atom stereocenters. The van der Waals surface area contributed by atoms with E-state index in [9.17, 15) is 22.4 Å². The van der Waals surface area contributed by atoms with E-state index in [0.717, 1.165) is 37.8 Å². The molecule has 8 nitrogen and oxygen atoms in total. The number of aromatic nitrogens is 3. The topological polar surface area (TPSA) is 72.7 Å². The van der Waals surface area contributed by atoms with Gasteiger partial charge >= 0.3 is 12.4 Å². The molecule has 0 atom stereocenters. The minimum atomic E-state index is -4.88. The van der Waals surface area contributed by atoms with Crippen LogP contribution in [-0.4, -0.2) is 69.2 Å². The van der Waals surface area contributed by atoms with Crippen LogP contribution in [0, 0.1) is 11.2 Å². The number of halogens is 4. The van der Waals surface area contributed by atoms with Gasteiger partial charge in [0.15, 0.2) is 5.82 Å². The van der Waals surface area contributed by atoms with Gasteiger partial charge in [0, 0.05) is 36.1 Å². The second-order valence-corrected chi connectivity index (χ2v) is 10.2. The molecular formula is C23H25F4N5O3. The summed E-state index contributed by atoms with van der Waals surface area (Å²) in [6.45, 7) is 2.21. The molecule has 12 heteroatoms. The van der Waals surface area contributed by atoms with Crippen molar-refractivity contribution >= 4 is 6.03 Å². The highest BCUT2D eigenvalue weighted by molar-refractivity contribution is 5.76. The number of hydrogen-bond acceptors (Lipinski definition) is 5. The predicted octanol–water partition coefficient (Wildman–Crippen LogP) is 3.85. The number of ether oxygens (including phenoxy) is 2. The molecule has 1 aromatic heterocycles. The largest absolute Gasteiger partial charge is 0.573 e. The van der Waals surface area contributed by atoms with Gasteiger partial charge in [-0.1, -0.05) is 6.07 Å². The molecule has 0 radical (unpaired) electrons. The van der Waals surface area contributed by atoms with Crippen molar-refractivity contribution in [2.24, 2.45) is 5.41 Å². The maximum absolute atomic E-state index is 14.0. The fraction of sp³-hybridized carbons (Fsp3) is 0.609. The van der Waals surface area contributed by atoms with Gasteiger partial charge in [0.05, 0.1) is 31.8 Å². The highest BCUT2D eigenvalue weighted by Gasteiger charge is 2.55. The molecule has 188 valence electrons. The minimum Gasteiger partial charge on any atom is -0.406 e. The van der Waals surface area contributed by atoms with Crippen LogP contribution >= 0.6 is 0 Å². The van der Waals surface area contributed by atoms with Gasteiger partial charge in [0.25, 0.3) is 0 Å². The highest BCUT2D eigenvalue weighted by atomic mass is 19.4. The van der Waals surface area contributed by atoms with Crippen LogP contribution in [0.2, 0.25) is 0 Å². The molecule has 6 rings (SSSR count). The van der Waals surface area contributed by atoms with Gasteiger partial charge in [0.1, 0.15) is 17.9 Å². The van der Waals surface area contributed by atoms with Crippen LogP contribution in [0.4, 0.5) is 22.4 Å². The number of urea groups is 1. The maximum atomic E-state index is 14.0. The molecule has 2 aliphatic heterocycles. The molecule has 4 fully saturated rings.